The molecule has 1 saturated heterocycles. The van der Waals surface area contributed by atoms with E-state index in [0.29, 0.717) is 0 Å². The molecule has 0 aromatic rings. The zero-order valence-corrected chi connectivity index (χ0v) is 13.3. The summed E-state index contributed by atoms with van der Waals surface area (Å²) < 4.78 is 11.0. The fourth-order valence-corrected chi connectivity index (χ4v) is 2.89. The van der Waals surface area contributed by atoms with Crippen LogP contribution in [0.1, 0.15) is 6.42 Å². The quantitative estimate of drug-likeness (QED) is 0.242. The minimum Gasteiger partial charge on any atom is -0.389 e. The minimum atomic E-state index is -1.31. The Labute approximate surface area is 140 Å². The van der Waals surface area contributed by atoms with Gasteiger partial charge in [0.1, 0.15) is 30.5 Å². The van der Waals surface area contributed by atoms with Crippen molar-refractivity contribution in [1.82, 2.24) is 0 Å². The molecule has 1 saturated carbocycles. The zero-order chi connectivity index (χ0) is 16.6. The predicted molar refractivity (Wildman–Crippen MR) is 82.4 cm³/mol. The van der Waals surface area contributed by atoms with Crippen LogP contribution >= 0.6 is 12.4 Å². The van der Waals surface area contributed by atoms with Gasteiger partial charge in [0.15, 0.2) is 6.29 Å². The zero-order valence-electron chi connectivity index (χ0n) is 12.5. The number of ether oxygens (including phenoxy) is 2. The van der Waals surface area contributed by atoms with Gasteiger partial charge in [0.05, 0.1) is 12.1 Å². The summed E-state index contributed by atoms with van der Waals surface area (Å²) in [5.41, 5.74) is 22.8. The third-order valence-corrected chi connectivity index (χ3v) is 4.36. The molecule has 0 aromatic heterocycles. The Morgan fingerprint density at radius 3 is 2.09 bits per heavy atom. The van der Waals surface area contributed by atoms with Crippen LogP contribution in [0.25, 0.3) is 0 Å². The van der Waals surface area contributed by atoms with E-state index in [4.69, 9.17) is 32.4 Å². The maximum Gasteiger partial charge on any atom is 0.176 e. The van der Waals surface area contributed by atoms with Crippen molar-refractivity contribution in [2.75, 3.05) is 6.54 Å². The van der Waals surface area contributed by atoms with E-state index in [2.05, 4.69) is 0 Å². The van der Waals surface area contributed by atoms with Crippen LogP contribution in [-0.4, -0.2) is 88.0 Å². The summed E-state index contributed by atoms with van der Waals surface area (Å²) in [6.45, 7) is -0.0441. The Hall–Kier alpha value is -0.110. The molecule has 2 rings (SSSR count). The van der Waals surface area contributed by atoms with E-state index < -0.39 is 61.0 Å². The van der Waals surface area contributed by atoms with Crippen LogP contribution < -0.4 is 22.9 Å². The third-order valence-electron chi connectivity index (χ3n) is 4.36. The van der Waals surface area contributed by atoms with Crippen LogP contribution in [0.4, 0.5) is 0 Å². The molecule has 10 atom stereocenters. The second-order valence-electron chi connectivity index (χ2n) is 5.98. The molecule has 1 aliphatic carbocycles. The van der Waals surface area contributed by atoms with Crippen molar-refractivity contribution in [3.8, 4) is 0 Å². The van der Waals surface area contributed by atoms with E-state index in [1.165, 1.54) is 0 Å². The van der Waals surface area contributed by atoms with E-state index in [0.717, 1.165) is 0 Å². The standard InChI is InChI=1S/C12H26N4O6.ClH/c13-2-5-8(18)9(19)6(16)12(21-5)22-11-4(15)1-3(14)7(17)10(11)20;/h3-12,17-20H,1-2,13-16H2;1H/t3-,4+,5-,6-,7+,8-,9-,10-,11-,12-;/m1./s1. The summed E-state index contributed by atoms with van der Waals surface area (Å²) in [4.78, 5) is 0. The van der Waals surface area contributed by atoms with E-state index in [1.807, 2.05) is 0 Å². The minimum absolute atomic E-state index is 0. The maximum atomic E-state index is 10.1. The summed E-state index contributed by atoms with van der Waals surface area (Å²) >= 11 is 0. The van der Waals surface area contributed by atoms with Crippen molar-refractivity contribution in [3.05, 3.63) is 0 Å². The van der Waals surface area contributed by atoms with Gasteiger partial charge < -0.3 is 52.8 Å². The molecule has 0 spiro atoms. The van der Waals surface area contributed by atoms with Gasteiger partial charge in [0.2, 0.25) is 0 Å². The normalized spacial score (nSPS) is 51.1. The highest BCUT2D eigenvalue weighted by Crippen LogP contribution is 2.26. The number of aliphatic hydroxyl groups excluding tert-OH is 4. The first-order valence-electron chi connectivity index (χ1n) is 7.28. The van der Waals surface area contributed by atoms with Crippen molar-refractivity contribution in [1.29, 1.82) is 0 Å². The van der Waals surface area contributed by atoms with Crippen molar-refractivity contribution in [2.45, 2.75) is 67.5 Å². The number of nitrogens with two attached hydrogens (primary N) is 4. The highest BCUT2D eigenvalue weighted by atomic mass is 35.5. The monoisotopic (exact) mass is 358 g/mol. The molecule has 1 heterocycles. The number of halogens is 1. The third kappa shape index (κ3) is 4.11. The number of hydrogen-bond acceptors (Lipinski definition) is 10. The molecule has 2 aliphatic rings. The van der Waals surface area contributed by atoms with Gasteiger partial charge in [-0.05, 0) is 6.42 Å². The molecular formula is C12H27ClN4O6. The van der Waals surface area contributed by atoms with Crippen molar-refractivity contribution < 1.29 is 29.9 Å². The van der Waals surface area contributed by atoms with Gasteiger partial charge in [0, 0.05) is 18.6 Å². The van der Waals surface area contributed by atoms with Gasteiger partial charge in [-0.2, -0.15) is 0 Å². The molecule has 0 bridgehead atoms. The molecule has 11 heteroatoms. The fourth-order valence-electron chi connectivity index (χ4n) is 2.89. The molecule has 0 radical (unpaired) electrons. The van der Waals surface area contributed by atoms with E-state index in [9.17, 15) is 20.4 Å². The van der Waals surface area contributed by atoms with Crippen LogP contribution in [0, 0.1) is 0 Å². The van der Waals surface area contributed by atoms with Crippen molar-refractivity contribution >= 4 is 12.4 Å². The lowest BCUT2D eigenvalue weighted by Crippen LogP contribution is -2.67. The van der Waals surface area contributed by atoms with Gasteiger partial charge >= 0.3 is 0 Å². The van der Waals surface area contributed by atoms with Crippen LogP contribution in [-0.2, 0) is 9.47 Å². The summed E-state index contributed by atoms with van der Waals surface area (Å²) in [5, 5.41) is 39.6. The van der Waals surface area contributed by atoms with Crippen LogP contribution in [0.15, 0.2) is 0 Å². The van der Waals surface area contributed by atoms with E-state index >= 15 is 0 Å². The molecule has 12 N–H and O–H groups in total. The lowest BCUT2D eigenvalue weighted by molar-refractivity contribution is -0.287. The Balaban J connectivity index is 0.00000264. The average molecular weight is 359 g/mol. The highest BCUT2D eigenvalue weighted by molar-refractivity contribution is 5.85. The topological polar surface area (TPSA) is 203 Å². The average Bonchev–Trinajstić information content (AvgIpc) is 2.49. The van der Waals surface area contributed by atoms with Gasteiger partial charge in [-0.15, -0.1) is 12.4 Å². The van der Waals surface area contributed by atoms with Gasteiger partial charge in [-0.25, -0.2) is 0 Å². The molecule has 138 valence electrons. The smallest absolute Gasteiger partial charge is 0.176 e. The van der Waals surface area contributed by atoms with Crippen LogP contribution in [0.2, 0.25) is 0 Å². The lowest BCUT2D eigenvalue weighted by atomic mass is 9.84. The molecule has 10 nitrogen and oxygen atoms in total. The molecule has 23 heavy (non-hydrogen) atoms. The molecule has 0 amide bonds. The van der Waals surface area contributed by atoms with Crippen LogP contribution in [0.5, 0.6) is 0 Å². The van der Waals surface area contributed by atoms with Gasteiger partial charge in [-0.1, -0.05) is 0 Å². The Morgan fingerprint density at radius 2 is 1.52 bits per heavy atom. The lowest BCUT2D eigenvalue weighted by Gasteiger charge is -2.45. The summed E-state index contributed by atoms with van der Waals surface area (Å²) in [6, 6.07) is -2.34. The van der Waals surface area contributed by atoms with Gasteiger partial charge in [0.25, 0.3) is 0 Å². The molecule has 0 unspecified atom stereocenters. The predicted octanol–water partition coefficient (Wildman–Crippen LogP) is -4.69. The first kappa shape index (κ1) is 20.9. The van der Waals surface area contributed by atoms with Crippen molar-refractivity contribution in [2.24, 2.45) is 22.9 Å². The molecular weight excluding hydrogens is 332 g/mol. The van der Waals surface area contributed by atoms with E-state index in [-0.39, 0.29) is 25.4 Å². The molecule has 0 aromatic carbocycles. The largest absolute Gasteiger partial charge is 0.389 e. The van der Waals surface area contributed by atoms with Crippen LogP contribution in [0.3, 0.4) is 0 Å². The van der Waals surface area contributed by atoms with Crippen molar-refractivity contribution in [3.63, 3.8) is 0 Å². The highest BCUT2D eigenvalue weighted by Gasteiger charge is 2.47. The van der Waals surface area contributed by atoms with Gasteiger partial charge in [-0.3, -0.25) is 0 Å². The summed E-state index contributed by atoms with van der Waals surface area (Å²) in [6.07, 6.45) is -7.73. The fraction of sp³-hybridized carbons (Fsp3) is 1.00. The maximum absolute atomic E-state index is 10.1. The molecule has 1 aliphatic heterocycles. The second kappa shape index (κ2) is 8.32. The second-order valence-corrected chi connectivity index (χ2v) is 5.98. The first-order chi connectivity index (χ1) is 10.3. The first-order valence-corrected chi connectivity index (χ1v) is 7.28. The molecule has 2 fully saturated rings. The Kier molecular flexibility index (Phi) is 7.57. The number of hydrogen-bond donors (Lipinski definition) is 8. The Morgan fingerprint density at radius 1 is 0.913 bits per heavy atom. The summed E-state index contributed by atoms with van der Waals surface area (Å²) in [5.74, 6) is 0. The summed E-state index contributed by atoms with van der Waals surface area (Å²) in [7, 11) is 0. The number of aliphatic hydroxyl groups is 4. The number of rotatable bonds is 3. The Bertz CT molecular complexity index is 381. The van der Waals surface area contributed by atoms with E-state index in [1.54, 1.807) is 0 Å². The SMILES string of the molecule is Cl.NC[C@H]1O[C@H](O[C@H]2[C@H](O)[C@@H](O)[C@H](N)C[C@@H]2N)[C@H](N)[C@@H](O)[C@@H]1O.